The molecular weight excluding hydrogens is 452 g/mol. The van der Waals surface area contributed by atoms with Crippen LogP contribution in [0.4, 0.5) is 0 Å². The molecule has 8 nitrogen and oxygen atoms in total. The van der Waals surface area contributed by atoms with E-state index in [1.807, 2.05) is 26.0 Å². The number of esters is 2. The maximum absolute atomic E-state index is 12.8. The Morgan fingerprint density at radius 3 is 2.06 bits per heavy atom. The fourth-order valence-electron chi connectivity index (χ4n) is 3.93. The van der Waals surface area contributed by atoms with Gasteiger partial charge in [-0.05, 0) is 37.1 Å². The van der Waals surface area contributed by atoms with Crippen LogP contribution < -0.4 is 0 Å². The minimum Gasteiger partial charge on any atom is -0.481 e. The molecule has 35 heavy (non-hydrogen) atoms. The molecule has 0 aromatic heterocycles. The Bertz CT molecular complexity index is 962. The molecule has 2 aromatic carbocycles. The summed E-state index contributed by atoms with van der Waals surface area (Å²) in [7, 11) is 0. The molecule has 1 aliphatic heterocycles. The lowest BCUT2D eigenvalue weighted by Crippen LogP contribution is -2.53. The van der Waals surface area contributed by atoms with Crippen molar-refractivity contribution in [3.05, 3.63) is 71.8 Å². The van der Waals surface area contributed by atoms with Crippen molar-refractivity contribution < 1.29 is 38.4 Å². The van der Waals surface area contributed by atoms with E-state index in [2.05, 4.69) is 0 Å². The van der Waals surface area contributed by atoms with Crippen molar-refractivity contribution in [2.75, 3.05) is 13.2 Å². The normalized spacial score (nSPS) is 23.9. The largest absolute Gasteiger partial charge is 0.481 e. The van der Waals surface area contributed by atoms with Gasteiger partial charge in [-0.3, -0.25) is 4.79 Å². The Morgan fingerprint density at radius 2 is 1.46 bits per heavy atom. The quantitative estimate of drug-likeness (QED) is 0.371. The molecule has 2 aromatic rings. The maximum atomic E-state index is 12.8. The van der Waals surface area contributed by atoms with Gasteiger partial charge < -0.3 is 24.1 Å². The molecule has 0 amide bonds. The molecule has 0 aliphatic carbocycles. The lowest BCUT2D eigenvalue weighted by Gasteiger charge is -2.43. The number of carboxylic acids is 1. The standard InChI is InChI=1S/C27H32O8/c1-18-19(2)27(32-16-10-9-15-23(28)29)34-22(17-33-25(30)20-11-5-3-6-12-20)24(18)35-26(31)21-13-7-4-8-14-21/h3-8,11-14,18-19,22,24,27H,9-10,15-17H2,1-2H3,(H,28,29). The predicted octanol–water partition coefficient (Wildman–Crippen LogP) is 4.34. The number of carbonyl (C=O) groups is 3. The molecule has 1 saturated heterocycles. The summed E-state index contributed by atoms with van der Waals surface area (Å²) in [6, 6.07) is 17.3. The molecule has 1 N–H and O–H groups in total. The molecule has 5 atom stereocenters. The number of carboxylic acid groups (broad SMARTS) is 1. The number of unbranched alkanes of at least 4 members (excludes halogenated alkanes) is 1. The van der Waals surface area contributed by atoms with Crippen molar-refractivity contribution in [3.63, 3.8) is 0 Å². The fraction of sp³-hybridized carbons (Fsp3) is 0.444. The Morgan fingerprint density at radius 1 is 0.857 bits per heavy atom. The molecule has 0 radical (unpaired) electrons. The topological polar surface area (TPSA) is 108 Å². The zero-order valence-corrected chi connectivity index (χ0v) is 20.0. The van der Waals surface area contributed by atoms with Crippen molar-refractivity contribution >= 4 is 17.9 Å². The summed E-state index contributed by atoms with van der Waals surface area (Å²) in [6.07, 6.45) is -0.842. The third kappa shape index (κ3) is 7.63. The van der Waals surface area contributed by atoms with Crippen LogP contribution in [0.2, 0.25) is 0 Å². The van der Waals surface area contributed by atoms with Gasteiger partial charge in [-0.2, -0.15) is 0 Å². The van der Waals surface area contributed by atoms with Gasteiger partial charge in [0.1, 0.15) is 18.8 Å². The zero-order chi connectivity index (χ0) is 25.2. The van der Waals surface area contributed by atoms with Gasteiger partial charge >= 0.3 is 17.9 Å². The fourth-order valence-corrected chi connectivity index (χ4v) is 3.93. The molecule has 1 aliphatic rings. The molecule has 0 bridgehead atoms. The lowest BCUT2D eigenvalue weighted by atomic mass is 9.84. The van der Waals surface area contributed by atoms with E-state index < -0.39 is 36.4 Å². The van der Waals surface area contributed by atoms with Gasteiger partial charge in [0.2, 0.25) is 0 Å². The number of carbonyl (C=O) groups excluding carboxylic acids is 2. The summed E-state index contributed by atoms with van der Waals surface area (Å²) < 4.78 is 23.4. The van der Waals surface area contributed by atoms with Crippen LogP contribution in [0.5, 0.6) is 0 Å². The zero-order valence-electron chi connectivity index (χ0n) is 20.0. The highest BCUT2D eigenvalue weighted by Crippen LogP contribution is 2.34. The molecule has 3 rings (SSSR count). The van der Waals surface area contributed by atoms with E-state index in [1.54, 1.807) is 48.5 Å². The molecule has 8 heteroatoms. The first-order valence-electron chi connectivity index (χ1n) is 11.8. The molecule has 1 fully saturated rings. The van der Waals surface area contributed by atoms with Gasteiger partial charge in [0.25, 0.3) is 0 Å². The lowest BCUT2D eigenvalue weighted by molar-refractivity contribution is -0.268. The van der Waals surface area contributed by atoms with Crippen LogP contribution in [0.15, 0.2) is 60.7 Å². The van der Waals surface area contributed by atoms with Crippen molar-refractivity contribution in [1.82, 2.24) is 0 Å². The second-order valence-electron chi connectivity index (χ2n) is 8.68. The van der Waals surface area contributed by atoms with Gasteiger partial charge in [-0.1, -0.05) is 50.2 Å². The number of benzene rings is 2. The van der Waals surface area contributed by atoms with Crippen LogP contribution >= 0.6 is 0 Å². The molecule has 1 heterocycles. The van der Waals surface area contributed by atoms with Crippen molar-refractivity contribution in [2.24, 2.45) is 11.8 Å². The highest BCUT2D eigenvalue weighted by Gasteiger charge is 2.45. The van der Waals surface area contributed by atoms with Gasteiger partial charge in [0.15, 0.2) is 6.29 Å². The van der Waals surface area contributed by atoms with Crippen LogP contribution in [0.3, 0.4) is 0 Å². The van der Waals surface area contributed by atoms with Gasteiger partial charge in [0.05, 0.1) is 11.1 Å². The number of aliphatic carboxylic acids is 1. The van der Waals surface area contributed by atoms with Crippen molar-refractivity contribution in [1.29, 1.82) is 0 Å². The third-order valence-corrected chi connectivity index (χ3v) is 6.16. The Balaban J connectivity index is 1.68. The van der Waals surface area contributed by atoms with E-state index in [9.17, 15) is 14.4 Å². The van der Waals surface area contributed by atoms with Gasteiger partial charge in [-0.25, -0.2) is 9.59 Å². The minimum absolute atomic E-state index is 0.0798. The van der Waals surface area contributed by atoms with E-state index in [0.717, 1.165) is 0 Å². The molecule has 0 spiro atoms. The number of hydrogen-bond acceptors (Lipinski definition) is 7. The van der Waals surface area contributed by atoms with Crippen LogP contribution in [0.1, 0.15) is 53.8 Å². The summed E-state index contributed by atoms with van der Waals surface area (Å²) in [5, 5.41) is 8.79. The second-order valence-corrected chi connectivity index (χ2v) is 8.68. The first-order chi connectivity index (χ1) is 16.9. The molecule has 5 unspecified atom stereocenters. The monoisotopic (exact) mass is 484 g/mol. The molecule has 188 valence electrons. The number of rotatable bonds is 11. The number of ether oxygens (including phenoxy) is 4. The average Bonchev–Trinajstić information content (AvgIpc) is 2.87. The highest BCUT2D eigenvalue weighted by atomic mass is 16.7. The molecular formula is C27H32O8. The first kappa shape index (κ1) is 26.4. The second kappa shape index (κ2) is 13.0. The Labute approximate surface area is 205 Å². The van der Waals surface area contributed by atoms with Crippen LogP contribution in [0, 0.1) is 11.8 Å². The summed E-state index contributed by atoms with van der Waals surface area (Å²) in [6.45, 7) is 4.11. The van der Waals surface area contributed by atoms with E-state index in [0.29, 0.717) is 30.6 Å². The SMILES string of the molecule is CC1C(OCCCCC(=O)O)OC(COC(=O)c2ccccc2)C(OC(=O)c2ccccc2)C1C. The van der Waals surface area contributed by atoms with Gasteiger partial charge in [0, 0.05) is 24.9 Å². The maximum Gasteiger partial charge on any atom is 0.338 e. The average molecular weight is 485 g/mol. The Kier molecular flexibility index (Phi) is 9.81. The summed E-state index contributed by atoms with van der Waals surface area (Å²) in [5.74, 6) is -2.10. The highest BCUT2D eigenvalue weighted by molar-refractivity contribution is 5.90. The van der Waals surface area contributed by atoms with Crippen LogP contribution in [-0.2, 0) is 23.7 Å². The van der Waals surface area contributed by atoms with Crippen LogP contribution in [-0.4, -0.2) is 54.7 Å². The smallest absolute Gasteiger partial charge is 0.338 e. The number of hydrogen-bond donors (Lipinski definition) is 1. The van der Waals surface area contributed by atoms with E-state index in [-0.39, 0.29) is 24.9 Å². The van der Waals surface area contributed by atoms with Crippen molar-refractivity contribution in [2.45, 2.75) is 51.6 Å². The molecule has 0 saturated carbocycles. The summed E-state index contributed by atoms with van der Waals surface area (Å²) in [5.41, 5.74) is 0.831. The Hall–Kier alpha value is -3.23. The predicted molar refractivity (Wildman–Crippen MR) is 127 cm³/mol. The van der Waals surface area contributed by atoms with Crippen LogP contribution in [0.25, 0.3) is 0 Å². The summed E-state index contributed by atoms with van der Waals surface area (Å²) >= 11 is 0. The third-order valence-electron chi connectivity index (χ3n) is 6.16. The summed E-state index contributed by atoms with van der Waals surface area (Å²) in [4.78, 5) is 36.0. The van der Waals surface area contributed by atoms with E-state index in [1.165, 1.54) is 0 Å². The van der Waals surface area contributed by atoms with E-state index in [4.69, 9.17) is 24.1 Å². The first-order valence-corrected chi connectivity index (χ1v) is 11.8. The minimum atomic E-state index is -0.843. The van der Waals surface area contributed by atoms with E-state index >= 15 is 0 Å². The van der Waals surface area contributed by atoms with Gasteiger partial charge in [-0.15, -0.1) is 0 Å². The van der Waals surface area contributed by atoms with Crippen molar-refractivity contribution in [3.8, 4) is 0 Å².